The molecule has 4 N–H and O–H groups in total. The molecule has 0 saturated carbocycles. The van der Waals surface area contributed by atoms with Crippen molar-refractivity contribution in [1.29, 1.82) is 0 Å². The van der Waals surface area contributed by atoms with Crippen molar-refractivity contribution >= 4 is 11.9 Å². The van der Waals surface area contributed by atoms with Gasteiger partial charge in [-0.05, 0) is 6.08 Å². The molecule has 2 atom stereocenters. The van der Waals surface area contributed by atoms with Crippen LogP contribution in [0.3, 0.4) is 0 Å². The van der Waals surface area contributed by atoms with Crippen LogP contribution >= 0.6 is 0 Å². The van der Waals surface area contributed by atoms with Gasteiger partial charge in [0.15, 0.2) is 5.60 Å². The summed E-state index contributed by atoms with van der Waals surface area (Å²) >= 11 is 0. The second-order valence-corrected chi connectivity index (χ2v) is 3.37. The highest BCUT2D eigenvalue weighted by molar-refractivity contribution is 5.94. The van der Waals surface area contributed by atoms with Gasteiger partial charge in [0.25, 0.3) is 5.91 Å². The summed E-state index contributed by atoms with van der Waals surface area (Å²) < 4.78 is 40.7. The summed E-state index contributed by atoms with van der Waals surface area (Å²) in [6.07, 6.45) is -1.33. The molecule has 0 saturated heterocycles. The molecule has 1 aliphatic rings. The third-order valence-electron chi connectivity index (χ3n) is 2.26. The van der Waals surface area contributed by atoms with Crippen LogP contribution < -0.4 is 11.3 Å². The molecule has 0 bridgehead atoms. The Labute approximate surface area is 98.9 Å². The van der Waals surface area contributed by atoms with Crippen molar-refractivity contribution < 1.29 is 32.6 Å². The van der Waals surface area contributed by atoms with Crippen molar-refractivity contribution in [2.24, 2.45) is 11.8 Å². The number of hydrogen-bond acceptors (Lipinski definition) is 4. The second-order valence-electron chi connectivity index (χ2n) is 3.37. The van der Waals surface area contributed by atoms with Crippen LogP contribution in [0.15, 0.2) is 24.3 Å². The van der Waals surface area contributed by atoms with Gasteiger partial charge in [0.05, 0.1) is 0 Å². The van der Waals surface area contributed by atoms with Gasteiger partial charge < -0.3 is 5.11 Å². The number of amides is 1. The van der Waals surface area contributed by atoms with Gasteiger partial charge in [-0.15, -0.1) is 13.2 Å². The Morgan fingerprint density at radius 2 is 2.00 bits per heavy atom. The van der Waals surface area contributed by atoms with Gasteiger partial charge in [-0.1, -0.05) is 18.2 Å². The molecule has 100 valence electrons. The molecule has 1 aliphatic carbocycles. The van der Waals surface area contributed by atoms with Gasteiger partial charge >= 0.3 is 12.3 Å². The number of hydrogen-bond donors (Lipinski definition) is 3. The number of halogens is 3. The summed E-state index contributed by atoms with van der Waals surface area (Å²) in [5.41, 5.74) is -1.29. The zero-order valence-electron chi connectivity index (χ0n) is 8.77. The Kier molecular flexibility index (Phi) is 3.77. The SMILES string of the molecule is NNC(=O)[C@]1(OC(F)(F)F)C=CC=C[C@@H]1C(=O)O. The van der Waals surface area contributed by atoms with Crippen LogP contribution in [-0.4, -0.2) is 28.9 Å². The number of ether oxygens (including phenoxy) is 1. The topological polar surface area (TPSA) is 102 Å². The minimum atomic E-state index is -5.20. The monoisotopic (exact) mass is 266 g/mol. The van der Waals surface area contributed by atoms with Crippen molar-refractivity contribution in [2.45, 2.75) is 12.0 Å². The largest absolute Gasteiger partial charge is 0.523 e. The number of nitrogens with two attached hydrogens (primary N) is 1. The molecular weight excluding hydrogens is 257 g/mol. The van der Waals surface area contributed by atoms with Crippen LogP contribution in [0, 0.1) is 5.92 Å². The first-order valence-electron chi connectivity index (χ1n) is 4.60. The molecule has 0 spiro atoms. The first kappa shape index (κ1) is 14.2. The Balaban J connectivity index is 3.26. The fourth-order valence-electron chi connectivity index (χ4n) is 1.55. The highest BCUT2D eigenvalue weighted by Crippen LogP contribution is 2.35. The minimum absolute atomic E-state index is 0.696. The second kappa shape index (κ2) is 4.78. The molecule has 0 aromatic heterocycles. The van der Waals surface area contributed by atoms with Crippen LogP contribution in [0.2, 0.25) is 0 Å². The number of alkyl halides is 3. The van der Waals surface area contributed by atoms with E-state index >= 15 is 0 Å². The average Bonchev–Trinajstić information content (AvgIpc) is 2.25. The summed E-state index contributed by atoms with van der Waals surface area (Å²) in [5.74, 6) is -0.128. The van der Waals surface area contributed by atoms with Crippen LogP contribution in [0.5, 0.6) is 0 Å². The molecule has 0 aromatic carbocycles. The van der Waals surface area contributed by atoms with Crippen LogP contribution in [0.4, 0.5) is 13.2 Å². The Morgan fingerprint density at radius 3 is 2.44 bits per heavy atom. The molecule has 0 fully saturated rings. The molecular formula is C9H9F3N2O4. The number of carboxylic acid groups (broad SMARTS) is 1. The number of aliphatic carboxylic acids is 1. The molecule has 9 heteroatoms. The van der Waals surface area contributed by atoms with E-state index in [9.17, 15) is 22.8 Å². The zero-order valence-corrected chi connectivity index (χ0v) is 8.77. The molecule has 0 aliphatic heterocycles. The van der Waals surface area contributed by atoms with Crippen LogP contribution in [-0.2, 0) is 14.3 Å². The van der Waals surface area contributed by atoms with E-state index in [0.29, 0.717) is 6.08 Å². The van der Waals surface area contributed by atoms with Crippen molar-refractivity contribution in [2.75, 3.05) is 0 Å². The van der Waals surface area contributed by atoms with Crippen LogP contribution in [0.25, 0.3) is 0 Å². The molecule has 18 heavy (non-hydrogen) atoms. The lowest BCUT2D eigenvalue weighted by molar-refractivity contribution is -0.355. The first-order chi connectivity index (χ1) is 8.23. The predicted molar refractivity (Wildman–Crippen MR) is 51.6 cm³/mol. The number of hydrazine groups is 1. The Hall–Kier alpha value is -1.87. The molecule has 0 radical (unpaired) electrons. The normalized spacial score (nSPS) is 27.0. The summed E-state index contributed by atoms with van der Waals surface area (Å²) in [6.45, 7) is 0. The van der Waals surface area contributed by atoms with Gasteiger partial charge in [-0.25, -0.2) is 5.84 Å². The van der Waals surface area contributed by atoms with E-state index in [1.807, 2.05) is 0 Å². The number of carboxylic acids is 1. The maximum Gasteiger partial charge on any atom is 0.523 e. The standard InChI is InChI=1S/C9H9F3N2O4/c10-9(11,12)18-8(7(17)14-13)4-2-1-3-5(8)6(15)16/h1-5H,13H2,(H,14,17)(H,15,16)/t5-,8+/m1/s1. The molecule has 1 rings (SSSR count). The molecule has 0 unspecified atom stereocenters. The maximum atomic E-state index is 12.3. The van der Waals surface area contributed by atoms with Crippen molar-refractivity contribution in [3.05, 3.63) is 24.3 Å². The average molecular weight is 266 g/mol. The first-order valence-corrected chi connectivity index (χ1v) is 4.60. The lowest BCUT2D eigenvalue weighted by Crippen LogP contribution is -2.58. The van der Waals surface area contributed by atoms with E-state index in [2.05, 4.69) is 4.74 Å². The number of nitrogens with one attached hydrogen (secondary N) is 1. The maximum absolute atomic E-state index is 12.3. The lowest BCUT2D eigenvalue weighted by atomic mass is 9.83. The molecule has 1 amide bonds. The smallest absolute Gasteiger partial charge is 0.481 e. The molecule has 0 heterocycles. The van der Waals surface area contributed by atoms with Gasteiger partial charge in [0.1, 0.15) is 5.92 Å². The summed E-state index contributed by atoms with van der Waals surface area (Å²) in [4.78, 5) is 22.4. The summed E-state index contributed by atoms with van der Waals surface area (Å²) in [5, 5.41) is 8.86. The van der Waals surface area contributed by atoms with Gasteiger partial charge in [0, 0.05) is 0 Å². The van der Waals surface area contributed by atoms with Crippen molar-refractivity contribution in [3.8, 4) is 0 Å². The minimum Gasteiger partial charge on any atom is -0.481 e. The Bertz CT molecular complexity index is 419. The van der Waals surface area contributed by atoms with Gasteiger partial charge in [-0.2, -0.15) is 0 Å². The number of carbonyl (C=O) groups is 2. The third-order valence-corrected chi connectivity index (χ3v) is 2.26. The fraction of sp³-hybridized carbons (Fsp3) is 0.333. The third kappa shape index (κ3) is 2.68. The highest BCUT2D eigenvalue weighted by atomic mass is 19.4. The van der Waals surface area contributed by atoms with Gasteiger partial charge in [0.2, 0.25) is 0 Å². The summed E-state index contributed by atoms with van der Waals surface area (Å²) in [6, 6.07) is 0. The van der Waals surface area contributed by atoms with E-state index < -0.39 is 29.8 Å². The van der Waals surface area contributed by atoms with Gasteiger partial charge in [-0.3, -0.25) is 19.8 Å². The quantitative estimate of drug-likeness (QED) is 0.381. The lowest BCUT2D eigenvalue weighted by Gasteiger charge is -2.34. The predicted octanol–water partition coefficient (Wildman–Crippen LogP) is 0.0783. The van der Waals surface area contributed by atoms with Crippen molar-refractivity contribution in [1.82, 2.24) is 5.43 Å². The number of rotatable bonds is 3. The zero-order chi connectivity index (χ0) is 14.0. The molecule has 6 nitrogen and oxygen atoms in total. The van der Waals surface area contributed by atoms with Crippen LogP contribution in [0.1, 0.15) is 0 Å². The van der Waals surface area contributed by atoms with E-state index in [1.54, 1.807) is 0 Å². The highest BCUT2D eigenvalue weighted by Gasteiger charge is 2.54. The van der Waals surface area contributed by atoms with E-state index in [0.717, 1.165) is 12.2 Å². The number of carbonyl (C=O) groups excluding carboxylic acids is 1. The van der Waals surface area contributed by atoms with E-state index in [-0.39, 0.29) is 0 Å². The van der Waals surface area contributed by atoms with E-state index in [4.69, 9.17) is 10.9 Å². The van der Waals surface area contributed by atoms with Crippen molar-refractivity contribution in [3.63, 3.8) is 0 Å². The summed E-state index contributed by atoms with van der Waals surface area (Å²) in [7, 11) is 0. The Morgan fingerprint density at radius 1 is 1.39 bits per heavy atom. The van der Waals surface area contributed by atoms with E-state index in [1.165, 1.54) is 11.5 Å². The fourth-order valence-corrected chi connectivity index (χ4v) is 1.55. The number of allylic oxidation sites excluding steroid dienone is 2. The molecule has 0 aromatic rings.